The predicted molar refractivity (Wildman–Crippen MR) is 105 cm³/mol. The summed E-state index contributed by atoms with van der Waals surface area (Å²) in [5.41, 5.74) is 5.23. The van der Waals surface area contributed by atoms with Crippen molar-refractivity contribution < 1.29 is 9.18 Å². The fourth-order valence-corrected chi connectivity index (χ4v) is 2.98. The van der Waals surface area contributed by atoms with Gasteiger partial charge in [0.25, 0.3) is 5.91 Å². The van der Waals surface area contributed by atoms with Crippen LogP contribution in [0, 0.1) is 12.7 Å². The van der Waals surface area contributed by atoms with E-state index in [1.807, 2.05) is 10.7 Å². The molecular weight excluding hydrogens is 355 g/mol. The average molecular weight is 374 g/mol. The molecule has 5 nitrogen and oxygen atoms in total. The molecule has 6 heteroatoms. The molecule has 140 valence electrons. The second-order valence-corrected chi connectivity index (χ2v) is 6.75. The first kappa shape index (κ1) is 17.9. The third-order valence-electron chi connectivity index (χ3n) is 4.60. The Labute approximate surface area is 161 Å². The van der Waals surface area contributed by atoms with Gasteiger partial charge in [-0.3, -0.25) is 4.79 Å². The van der Waals surface area contributed by atoms with E-state index in [9.17, 15) is 9.18 Å². The Balaban J connectivity index is 1.47. The maximum atomic E-state index is 13.0. The molecule has 4 rings (SSSR count). The minimum absolute atomic E-state index is 0.209. The fraction of sp³-hybridized carbons (Fsp3) is 0.136. The van der Waals surface area contributed by atoms with Gasteiger partial charge in [0.15, 0.2) is 0 Å². The van der Waals surface area contributed by atoms with Crippen molar-refractivity contribution in [3.8, 4) is 0 Å². The molecule has 1 N–H and O–H groups in total. The summed E-state index contributed by atoms with van der Waals surface area (Å²) in [5, 5.41) is 11.2. The van der Waals surface area contributed by atoms with Gasteiger partial charge >= 0.3 is 0 Å². The number of halogens is 1. The standard InChI is InChI=1S/C22H19FN4O/c1-15-2-4-17(5-3-15)14-27-21-11-8-18(12-20(21)25-26-27)22(28)24-13-16-6-9-19(23)10-7-16/h2-12H,13-14H2,1H3,(H,24,28). The molecule has 0 aliphatic rings. The lowest BCUT2D eigenvalue weighted by Crippen LogP contribution is -2.22. The third kappa shape index (κ3) is 3.91. The predicted octanol–water partition coefficient (Wildman–Crippen LogP) is 3.86. The van der Waals surface area contributed by atoms with Crippen molar-refractivity contribution in [2.75, 3.05) is 0 Å². The van der Waals surface area contributed by atoms with Gasteiger partial charge in [-0.05, 0) is 48.4 Å². The van der Waals surface area contributed by atoms with Crippen molar-refractivity contribution in [3.63, 3.8) is 0 Å². The van der Waals surface area contributed by atoms with Gasteiger partial charge in [0.2, 0.25) is 0 Å². The van der Waals surface area contributed by atoms with Crippen LogP contribution in [0.4, 0.5) is 4.39 Å². The van der Waals surface area contributed by atoms with E-state index in [0.717, 1.165) is 16.6 Å². The molecule has 4 aromatic rings. The number of aromatic nitrogens is 3. The molecule has 1 heterocycles. The van der Waals surface area contributed by atoms with Crippen LogP contribution in [0.1, 0.15) is 27.0 Å². The Kier molecular flexibility index (Phi) is 4.85. The summed E-state index contributed by atoms with van der Waals surface area (Å²) in [4.78, 5) is 12.4. The molecule has 3 aromatic carbocycles. The number of aryl methyl sites for hydroxylation is 1. The lowest BCUT2D eigenvalue weighted by atomic mass is 10.1. The average Bonchev–Trinajstić information content (AvgIpc) is 3.11. The Hall–Kier alpha value is -3.54. The van der Waals surface area contributed by atoms with Gasteiger partial charge in [-0.15, -0.1) is 5.10 Å². The highest BCUT2D eigenvalue weighted by molar-refractivity contribution is 5.97. The maximum absolute atomic E-state index is 13.0. The molecule has 0 fully saturated rings. The summed E-state index contributed by atoms with van der Waals surface area (Å²) < 4.78 is 14.8. The van der Waals surface area contributed by atoms with Crippen molar-refractivity contribution in [3.05, 3.63) is 94.8 Å². The molecule has 0 bridgehead atoms. The molecule has 28 heavy (non-hydrogen) atoms. The maximum Gasteiger partial charge on any atom is 0.251 e. The number of rotatable bonds is 5. The smallest absolute Gasteiger partial charge is 0.251 e. The largest absolute Gasteiger partial charge is 0.348 e. The summed E-state index contributed by atoms with van der Waals surface area (Å²) in [6.45, 7) is 3.00. The minimum atomic E-state index is -0.297. The zero-order valence-electron chi connectivity index (χ0n) is 15.4. The van der Waals surface area contributed by atoms with Crippen LogP contribution in [0.3, 0.4) is 0 Å². The lowest BCUT2D eigenvalue weighted by Gasteiger charge is -2.06. The molecule has 1 amide bonds. The highest BCUT2D eigenvalue weighted by atomic mass is 19.1. The summed E-state index contributed by atoms with van der Waals surface area (Å²) in [5.74, 6) is -0.506. The van der Waals surface area contributed by atoms with Gasteiger partial charge in [0, 0.05) is 12.1 Å². The Morgan fingerprint density at radius 3 is 2.46 bits per heavy atom. The molecule has 1 aromatic heterocycles. The van der Waals surface area contributed by atoms with E-state index in [4.69, 9.17) is 0 Å². The molecule has 0 aliphatic heterocycles. The highest BCUT2D eigenvalue weighted by Crippen LogP contribution is 2.16. The van der Waals surface area contributed by atoms with Crippen LogP contribution >= 0.6 is 0 Å². The number of carbonyl (C=O) groups excluding carboxylic acids is 1. The van der Waals surface area contributed by atoms with E-state index in [2.05, 4.69) is 46.8 Å². The first-order valence-corrected chi connectivity index (χ1v) is 9.00. The zero-order valence-corrected chi connectivity index (χ0v) is 15.4. The number of benzene rings is 3. The number of amides is 1. The number of nitrogens with zero attached hydrogens (tertiary/aromatic N) is 3. The highest BCUT2D eigenvalue weighted by Gasteiger charge is 2.11. The molecular formula is C22H19FN4O. The minimum Gasteiger partial charge on any atom is -0.348 e. The first-order valence-electron chi connectivity index (χ1n) is 9.00. The van der Waals surface area contributed by atoms with Gasteiger partial charge < -0.3 is 5.32 Å². The molecule has 0 atom stereocenters. The van der Waals surface area contributed by atoms with Crippen LogP contribution in [0.15, 0.2) is 66.7 Å². The summed E-state index contributed by atoms with van der Waals surface area (Å²) in [7, 11) is 0. The van der Waals surface area contributed by atoms with E-state index in [0.29, 0.717) is 24.2 Å². The number of carbonyl (C=O) groups is 1. The second kappa shape index (κ2) is 7.60. The van der Waals surface area contributed by atoms with Crippen LogP contribution in [-0.2, 0) is 13.1 Å². The van der Waals surface area contributed by atoms with Crippen LogP contribution in [0.5, 0.6) is 0 Å². The van der Waals surface area contributed by atoms with Crippen molar-refractivity contribution >= 4 is 16.9 Å². The van der Waals surface area contributed by atoms with E-state index in [1.54, 1.807) is 24.3 Å². The Morgan fingerprint density at radius 1 is 1.00 bits per heavy atom. The summed E-state index contributed by atoms with van der Waals surface area (Å²) in [6, 6.07) is 19.7. The van der Waals surface area contributed by atoms with Gasteiger partial charge in [0.05, 0.1) is 12.1 Å². The van der Waals surface area contributed by atoms with Crippen molar-refractivity contribution in [2.24, 2.45) is 0 Å². The van der Waals surface area contributed by atoms with Crippen molar-refractivity contribution in [1.29, 1.82) is 0 Å². The normalized spacial score (nSPS) is 10.9. The summed E-state index contributed by atoms with van der Waals surface area (Å²) >= 11 is 0. The van der Waals surface area contributed by atoms with Gasteiger partial charge in [0.1, 0.15) is 11.3 Å². The number of nitrogens with one attached hydrogen (secondary N) is 1. The van der Waals surface area contributed by atoms with E-state index in [-0.39, 0.29) is 11.7 Å². The van der Waals surface area contributed by atoms with Gasteiger partial charge in [-0.25, -0.2) is 9.07 Å². The van der Waals surface area contributed by atoms with Crippen molar-refractivity contribution in [1.82, 2.24) is 20.3 Å². The van der Waals surface area contributed by atoms with Gasteiger partial charge in [-0.1, -0.05) is 47.2 Å². The van der Waals surface area contributed by atoms with Crippen LogP contribution in [0.2, 0.25) is 0 Å². The SMILES string of the molecule is Cc1ccc(Cn2nnc3cc(C(=O)NCc4ccc(F)cc4)ccc32)cc1. The third-order valence-corrected chi connectivity index (χ3v) is 4.60. The molecule has 0 spiro atoms. The molecule has 0 aliphatic carbocycles. The Morgan fingerprint density at radius 2 is 1.71 bits per heavy atom. The van der Waals surface area contributed by atoms with Crippen LogP contribution in [0.25, 0.3) is 11.0 Å². The molecule has 0 saturated carbocycles. The van der Waals surface area contributed by atoms with Gasteiger partial charge in [-0.2, -0.15) is 0 Å². The topological polar surface area (TPSA) is 59.8 Å². The quantitative estimate of drug-likeness (QED) is 0.577. The fourth-order valence-electron chi connectivity index (χ4n) is 2.98. The first-order chi connectivity index (χ1) is 13.6. The van der Waals surface area contributed by atoms with Crippen molar-refractivity contribution in [2.45, 2.75) is 20.0 Å². The molecule has 0 radical (unpaired) electrons. The number of hydrogen-bond donors (Lipinski definition) is 1. The molecule has 0 unspecified atom stereocenters. The van der Waals surface area contributed by atoms with Crippen LogP contribution < -0.4 is 5.32 Å². The van der Waals surface area contributed by atoms with Crippen LogP contribution in [-0.4, -0.2) is 20.9 Å². The zero-order chi connectivity index (χ0) is 19.5. The van der Waals surface area contributed by atoms with E-state index >= 15 is 0 Å². The number of fused-ring (bicyclic) bond motifs is 1. The molecule has 0 saturated heterocycles. The Bertz CT molecular complexity index is 1120. The monoisotopic (exact) mass is 374 g/mol. The van der Waals surface area contributed by atoms with E-state index in [1.165, 1.54) is 17.7 Å². The lowest BCUT2D eigenvalue weighted by molar-refractivity contribution is 0.0951. The summed E-state index contributed by atoms with van der Waals surface area (Å²) in [6.07, 6.45) is 0. The van der Waals surface area contributed by atoms with E-state index < -0.39 is 0 Å². The number of hydrogen-bond acceptors (Lipinski definition) is 3. The second-order valence-electron chi connectivity index (χ2n) is 6.75.